The third-order valence-electron chi connectivity index (χ3n) is 4.08. The van der Waals surface area contributed by atoms with Gasteiger partial charge in [-0.2, -0.15) is 0 Å². The van der Waals surface area contributed by atoms with Crippen molar-refractivity contribution in [2.75, 3.05) is 4.90 Å². The highest BCUT2D eigenvalue weighted by atomic mass is 19.1. The summed E-state index contributed by atoms with van der Waals surface area (Å²) in [5.74, 6) is -1.55. The molecule has 1 N–H and O–H groups in total. The Morgan fingerprint density at radius 3 is 2.33 bits per heavy atom. The summed E-state index contributed by atoms with van der Waals surface area (Å²) in [4.78, 5) is 37.7. The highest BCUT2D eigenvalue weighted by molar-refractivity contribution is 6.29. The van der Waals surface area contributed by atoms with Crippen LogP contribution in [0.25, 0.3) is 0 Å². The van der Waals surface area contributed by atoms with Gasteiger partial charge in [-0.3, -0.25) is 14.9 Å². The third kappa shape index (κ3) is 2.20. The summed E-state index contributed by atoms with van der Waals surface area (Å²) in [6, 6.07) is 3.17. The number of aryl methyl sites for hydroxylation is 1. The number of amides is 4. The Morgan fingerprint density at radius 2 is 1.81 bits per heavy atom. The lowest BCUT2D eigenvalue weighted by atomic mass is 9.78. The number of anilines is 1. The Morgan fingerprint density at radius 1 is 1.19 bits per heavy atom. The molecule has 0 spiro atoms. The number of nitrogens with one attached hydrogen (secondary N) is 1. The number of carbonyl (C=O) groups is 3. The van der Waals surface area contributed by atoms with E-state index in [0.29, 0.717) is 5.56 Å². The molecule has 2 rings (SSSR count). The van der Waals surface area contributed by atoms with E-state index < -0.39 is 29.1 Å². The van der Waals surface area contributed by atoms with Gasteiger partial charge in [-0.05, 0) is 43.5 Å². The van der Waals surface area contributed by atoms with Crippen LogP contribution in [0.2, 0.25) is 0 Å². The van der Waals surface area contributed by atoms with Crippen molar-refractivity contribution in [2.45, 2.75) is 33.6 Å². The highest BCUT2D eigenvalue weighted by Gasteiger charge is 2.51. The topological polar surface area (TPSA) is 66.5 Å². The van der Waals surface area contributed by atoms with Crippen molar-refractivity contribution < 1.29 is 18.8 Å². The van der Waals surface area contributed by atoms with Crippen LogP contribution in [-0.2, 0) is 9.59 Å². The van der Waals surface area contributed by atoms with Gasteiger partial charge >= 0.3 is 6.03 Å². The van der Waals surface area contributed by atoms with E-state index in [1.54, 1.807) is 20.8 Å². The van der Waals surface area contributed by atoms with Gasteiger partial charge in [0, 0.05) is 0 Å². The van der Waals surface area contributed by atoms with Crippen LogP contribution in [0.3, 0.4) is 0 Å². The molecule has 0 saturated carbocycles. The van der Waals surface area contributed by atoms with E-state index in [9.17, 15) is 18.8 Å². The maximum Gasteiger partial charge on any atom is 0.335 e. The van der Waals surface area contributed by atoms with Gasteiger partial charge in [0.1, 0.15) is 11.2 Å². The zero-order valence-corrected chi connectivity index (χ0v) is 12.2. The molecule has 21 heavy (non-hydrogen) atoms. The van der Waals surface area contributed by atoms with Gasteiger partial charge in [-0.1, -0.05) is 13.8 Å². The standard InChI is InChI=1S/C15H17FN2O3/c1-4-15(5-2)12(19)17-14(21)18(13(15)20)10-6-7-11(16)9(3)8-10/h6-8H,4-5H2,1-3H3,(H,17,19,21). The summed E-state index contributed by atoms with van der Waals surface area (Å²) in [5.41, 5.74) is -0.672. The lowest BCUT2D eigenvalue weighted by Gasteiger charge is -2.38. The first-order valence-electron chi connectivity index (χ1n) is 6.83. The second-order valence-electron chi connectivity index (χ2n) is 5.12. The van der Waals surface area contributed by atoms with E-state index in [1.807, 2.05) is 0 Å². The molecule has 1 aromatic rings. The molecular weight excluding hydrogens is 275 g/mol. The van der Waals surface area contributed by atoms with Crippen molar-refractivity contribution in [1.29, 1.82) is 0 Å². The zero-order valence-electron chi connectivity index (χ0n) is 12.2. The van der Waals surface area contributed by atoms with Crippen molar-refractivity contribution >= 4 is 23.5 Å². The quantitative estimate of drug-likeness (QED) is 0.870. The van der Waals surface area contributed by atoms with Crippen LogP contribution in [0.5, 0.6) is 0 Å². The number of nitrogens with zero attached hydrogens (tertiary/aromatic N) is 1. The van der Waals surface area contributed by atoms with Crippen LogP contribution in [0.4, 0.5) is 14.9 Å². The molecule has 1 aromatic carbocycles. The summed E-state index contributed by atoms with van der Waals surface area (Å²) in [7, 11) is 0. The molecule has 0 aromatic heterocycles. The zero-order chi connectivity index (χ0) is 15.8. The Kier molecular flexibility index (Phi) is 3.80. The van der Waals surface area contributed by atoms with Crippen LogP contribution >= 0.6 is 0 Å². The van der Waals surface area contributed by atoms with Gasteiger partial charge in [-0.15, -0.1) is 0 Å². The third-order valence-corrected chi connectivity index (χ3v) is 4.08. The molecule has 0 radical (unpaired) electrons. The van der Waals surface area contributed by atoms with Crippen LogP contribution in [0.1, 0.15) is 32.3 Å². The molecule has 1 aliphatic rings. The second-order valence-corrected chi connectivity index (χ2v) is 5.12. The molecule has 112 valence electrons. The van der Waals surface area contributed by atoms with Gasteiger partial charge in [0.25, 0.3) is 5.91 Å². The summed E-state index contributed by atoms with van der Waals surface area (Å²) in [5, 5.41) is 2.22. The maximum atomic E-state index is 13.3. The maximum absolute atomic E-state index is 13.3. The molecule has 0 bridgehead atoms. The lowest BCUT2D eigenvalue weighted by Crippen LogP contribution is -2.64. The molecule has 4 amide bonds. The molecule has 0 atom stereocenters. The number of barbiturate groups is 1. The lowest BCUT2D eigenvalue weighted by molar-refractivity contribution is -0.143. The fourth-order valence-electron chi connectivity index (χ4n) is 2.55. The van der Waals surface area contributed by atoms with Crippen LogP contribution in [-0.4, -0.2) is 17.8 Å². The first-order valence-corrected chi connectivity index (χ1v) is 6.83. The van der Waals surface area contributed by atoms with E-state index in [-0.39, 0.29) is 18.5 Å². The van der Waals surface area contributed by atoms with Crippen molar-refractivity contribution in [3.63, 3.8) is 0 Å². The van der Waals surface area contributed by atoms with Crippen molar-refractivity contribution in [3.05, 3.63) is 29.6 Å². The van der Waals surface area contributed by atoms with Gasteiger partial charge in [0.05, 0.1) is 5.69 Å². The van der Waals surface area contributed by atoms with E-state index in [4.69, 9.17) is 0 Å². The normalized spacial score (nSPS) is 17.9. The molecule has 6 heteroatoms. The molecule has 1 saturated heterocycles. The van der Waals surface area contributed by atoms with Crippen molar-refractivity contribution in [2.24, 2.45) is 5.41 Å². The predicted octanol–water partition coefficient (Wildman–Crippen LogP) is 2.52. The Bertz CT molecular complexity index is 623. The first-order chi connectivity index (χ1) is 9.87. The number of hydrogen-bond acceptors (Lipinski definition) is 3. The molecule has 1 fully saturated rings. The predicted molar refractivity (Wildman–Crippen MR) is 75.2 cm³/mol. The molecular formula is C15H17FN2O3. The molecule has 5 nitrogen and oxygen atoms in total. The molecule has 0 unspecified atom stereocenters. The number of rotatable bonds is 3. The number of imide groups is 2. The SMILES string of the molecule is CCC1(CC)C(=O)NC(=O)N(c2ccc(F)c(C)c2)C1=O. The van der Waals surface area contributed by atoms with E-state index in [2.05, 4.69) is 5.32 Å². The number of halogens is 1. The monoisotopic (exact) mass is 292 g/mol. The largest absolute Gasteiger partial charge is 0.335 e. The fourth-order valence-corrected chi connectivity index (χ4v) is 2.55. The number of benzene rings is 1. The number of carbonyl (C=O) groups excluding carboxylic acids is 3. The second kappa shape index (κ2) is 5.27. The van der Waals surface area contributed by atoms with E-state index >= 15 is 0 Å². The smallest absolute Gasteiger partial charge is 0.276 e. The first kappa shape index (κ1) is 15.2. The summed E-state index contributed by atoms with van der Waals surface area (Å²) >= 11 is 0. The summed E-state index contributed by atoms with van der Waals surface area (Å²) < 4.78 is 13.3. The minimum atomic E-state index is -1.25. The minimum Gasteiger partial charge on any atom is -0.276 e. The number of urea groups is 1. The van der Waals surface area contributed by atoms with Crippen LogP contribution in [0, 0.1) is 18.2 Å². The van der Waals surface area contributed by atoms with E-state index in [0.717, 1.165) is 4.90 Å². The number of hydrogen-bond donors (Lipinski definition) is 1. The summed E-state index contributed by atoms with van der Waals surface area (Å²) in [6.07, 6.45) is 0.580. The van der Waals surface area contributed by atoms with Crippen molar-refractivity contribution in [1.82, 2.24) is 5.32 Å². The highest BCUT2D eigenvalue weighted by Crippen LogP contribution is 2.35. The molecule has 0 aliphatic carbocycles. The Balaban J connectivity index is 2.51. The van der Waals surface area contributed by atoms with Gasteiger partial charge in [0.2, 0.25) is 5.91 Å². The fraction of sp³-hybridized carbons (Fsp3) is 0.400. The Hall–Kier alpha value is -2.24. The van der Waals surface area contributed by atoms with Crippen LogP contribution < -0.4 is 10.2 Å². The molecule has 1 heterocycles. The van der Waals surface area contributed by atoms with Crippen molar-refractivity contribution in [3.8, 4) is 0 Å². The summed E-state index contributed by atoms with van der Waals surface area (Å²) in [6.45, 7) is 5.00. The van der Waals surface area contributed by atoms with Gasteiger partial charge in [0.15, 0.2) is 0 Å². The van der Waals surface area contributed by atoms with Gasteiger partial charge in [-0.25, -0.2) is 14.1 Å². The van der Waals surface area contributed by atoms with Crippen LogP contribution in [0.15, 0.2) is 18.2 Å². The Labute approximate surface area is 122 Å². The minimum absolute atomic E-state index is 0.259. The average molecular weight is 292 g/mol. The molecule has 1 aliphatic heterocycles. The average Bonchev–Trinajstić information content (AvgIpc) is 2.44. The van der Waals surface area contributed by atoms with E-state index in [1.165, 1.54) is 18.2 Å². The van der Waals surface area contributed by atoms with Gasteiger partial charge < -0.3 is 0 Å².